The Hall–Kier alpha value is -1.38. The van der Waals surface area contributed by atoms with Crippen molar-refractivity contribution in [3.8, 4) is 0 Å². The Bertz CT molecular complexity index is 248. The first-order valence-electron chi connectivity index (χ1n) is 2.80. The molecule has 1 aliphatic rings. The third-order valence-corrected chi connectivity index (χ3v) is 1.29. The van der Waals surface area contributed by atoms with E-state index in [4.69, 9.17) is 16.4 Å². The van der Waals surface area contributed by atoms with Gasteiger partial charge in [-0.1, -0.05) is 6.08 Å². The molecule has 0 amide bonds. The predicted molar refractivity (Wildman–Crippen MR) is 36.5 cm³/mol. The Kier molecular flexibility index (Phi) is 1.67. The zero-order chi connectivity index (χ0) is 7.56. The molecule has 3 N–H and O–H groups in total. The predicted octanol–water partition coefficient (Wildman–Crippen LogP) is -0.00380. The number of hydrogen-bond acceptors (Lipinski definition) is 2. The molecule has 0 aromatic carbocycles. The summed E-state index contributed by atoms with van der Waals surface area (Å²) in [6, 6.07) is -0.685. The van der Waals surface area contributed by atoms with E-state index in [1.807, 2.05) is 0 Å². The van der Waals surface area contributed by atoms with Crippen LogP contribution in [0, 0.1) is 0 Å². The molecule has 1 rings (SSSR count). The van der Waals surface area contributed by atoms with Crippen LogP contribution in [0.3, 0.4) is 0 Å². The Balaban J connectivity index is 3.00. The van der Waals surface area contributed by atoms with Gasteiger partial charge in [0, 0.05) is 6.08 Å². The van der Waals surface area contributed by atoms with Crippen LogP contribution in [0.2, 0.25) is 0 Å². The first-order chi connectivity index (χ1) is 4.75. The lowest BCUT2D eigenvalue weighted by Gasteiger charge is -2.05. The molecule has 0 radical (unpaired) electrons. The fourth-order valence-corrected chi connectivity index (χ4v) is 0.700. The molecule has 4 heteroatoms. The van der Waals surface area contributed by atoms with E-state index in [2.05, 4.69) is 4.79 Å². The van der Waals surface area contributed by atoms with Gasteiger partial charge in [-0.25, -0.2) is 0 Å². The van der Waals surface area contributed by atoms with Gasteiger partial charge in [-0.15, -0.1) is 0 Å². The quantitative estimate of drug-likeness (QED) is 0.363. The number of aliphatic hydroxyl groups is 1. The Morgan fingerprint density at radius 2 is 2.40 bits per heavy atom. The molecule has 0 fully saturated rings. The third-order valence-electron chi connectivity index (χ3n) is 1.29. The topological polar surface area (TPSA) is 82.7 Å². The van der Waals surface area contributed by atoms with Crippen LogP contribution in [0.15, 0.2) is 24.0 Å². The highest BCUT2D eigenvalue weighted by atomic mass is 16.3. The van der Waals surface area contributed by atoms with Gasteiger partial charge in [0.15, 0.2) is 6.04 Å². The van der Waals surface area contributed by atoms with Crippen LogP contribution >= 0.6 is 0 Å². The van der Waals surface area contributed by atoms with Crippen molar-refractivity contribution in [3.63, 3.8) is 0 Å². The fraction of sp³-hybridized carbons (Fsp3) is 0.167. The number of nitrogens with zero attached hydrogens (tertiary/aromatic N) is 2. The molecule has 0 aliphatic heterocycles. The van der Waals surface area contributed by atoms with Gasteiger partial charge in [0.1, 0.15) is 5.76 Å². The molecular formula is C6H7N3O. The molecule has 1 aliphatic carbocycles. The minimum Gasteiger partial charge on any atom is -0.510 e. The number of rotatable bonds is 0. The second-order valence-corrected chi connectivity index (χ2v) is 1.95. The van der Waals surface area contributed by atoms with Gasteiger partial charge in [-0.2, -0.15) is 4.79 Å². The summed E-state index contributed by atoms with van der Waals surface area (Å²) in [6.45, 7) is 0. The van der Waals surface area contributed by atoms with Gasteiger partial charge in [0.25, 0.3) is 0 Å². The van der Waals surface area contributed by atoms with E-state index in [-0.39, 0.29) is 11.5 Å². The van der Waals surface area contributed by atoms with Gasteiger partial charge < -0.3 is 16.4 Å². The first-order valence-corrected chi connectivity index (χ1v) is 2.80. The van der Waals surface area contributed by atoms with Gasteiger partial charge in [-0.05, 0) is 6.08 Å². The summed E-state index contributed by atoms with van der Waals surface area (Å²) in [4.78, 5) is 2.88. The summed E-state index contributed by atoms with van der Waals surface area (Å²) in [5.74, 6) is 0.00954. The number of aliphatic hydroxyl groups excluding tert-OH is 1. The van der Waals surface area contributed by atoms with E-state index in [0.717, 1.165) is 0 Å². The Morgan fingerprint density at radius 3 is 2.90 bits per heavy atom. The maximum atomic E-state index is 8.97. The van der Waals surface area contributed by atoms with E-state index in [0.29, 0.717) is 0 Å². The number of allylic oxidation sites excluding steroid dienone is 2. The van der Waals surface area contributed by atoms with Crippen LogP contribution in [-0.4, -0.2) is 21.6 Å². The molecule has 52 valence electrons. The lowest BCUT2D eigenvalue weighted by Crippen LogP contribution is -2.33. The zero-order valence-corrected chi connectivity index (χ0v) is 5.23. The van der Waals surface area contributed by atoms with Crippen LogP contribution < -0.4 is 5.73 Å². The van der Waals surface area contributed by atoms with Crippen molar-refractivity contribution in [1.29, 1.82) is 0 Å². The molecular weight excluding hydrogens is 130 g/mol. The van der Waals surface area contributed by atoms with E-state index in [9.17, 15) is 0 Å². The van der Waals surface area contributed by atoms with E-state index in [1.54, 1.807) is 6.08 Å². The van der Waals surface area contributed by atoms with E-state index < -0.39 is 6.04 Å². The maximum absolute atomic E-state index is 8.97. The SMILES string of the molecule is [N-]=[N+]=C1C=CC=C(O)C1N. The third kappa shape index (κ3) is 0.978. The van der Waals surface area contributed by atoms with Crippen molar-refractivity contribution in [2.24, 2.45) is 5.73 Å². The highest BCUT2D eigenvalue weighted by Gasteiger charge is 2.22. The van der Waals surface area contributed by atoms with Crippen LogP contribution in [0.4, 0.5) is 0 Å². The summed E-state index contributed by atoms with van der Waals surface area (Å²) in [7, 11) is 0. The van der Waals surface area contributed by atoms with Gasteiger partial charge >= 0.3 is 5.71 Å². The standard InChI is InChI=1S/C6H7N3O/c7-6-4(9-8)2-1-3-5(6)10/h1-3,6,10H,7H2. The molecule has 1 atom stereocenters. The summed E-state index contributed by atoms with van der Waals surface area (Å²) < 4.78 is 0. The summed E-state index contributed by atoms with van der Waals surface area (Å²) in [5, 5.41) is 8.97. The molecule has 0 aromatic rings. The lowest BCUT2D eigenvalue weighted by atomic mass is 10.1. The van der Waals surface area contributed by atoms with E-state index in [1.165, 1.54) is 12.2 Å². The normalized spacial score (nSPS) is 23.9. The highest BCUT2D eigenvalue weighted by Crippen LogP contribution is 2.03. The van der Waals surface area contributed by atoms with Crippen molar-refractivity contribution in [3.05, 3.63) is 29.5 Å². The van der Waals surface area contributed by atoms with Crippen molar-refractivity contribution >= 4 is 5.71 Å². The number of hydrogen-bond donors (Lipinski definition) is 2. The molecule has 0 saturated carbocycles. The molecule has 0 spiro atoms. The number of nitrogens with two attached hydrogens (primary N) is 1. The molecule has 4 nitrogen and oxygen atoms in total. The smallest absolute Gasteiger partial charge is 0.316 e. The fourth-order valence-electron chi connectivity index (χ4n) is 0.700. The summed E-state index contributed by atoms with van der Waals surface area (Å²) in [5.41, 5.74) is 13.9. The van der Waals surface area contributed by atoms with Crippen LogP contribution in [0.1, 0.15) is 0 Å². The molecule has 0 aromatic heterocycles. The Labute approximate surface area is 57.9 Å². The molecule has 1 unspecified atom stereocenters. The lowest BCUT2D eigenvalue weighted by molar-refractivity contribution is -0.00784. The summed E-state index contributed by atoms with van der Waals surface area (Å²) >= 11 is 0. The minimum atomic E-state index is -0.685. The summed E-state index contributed by atoms with van der Waals surface area (Å²) in [6.07, 6.45) is 4.55. The molecule has 0 saturated heterocycles. The van der Waals surface area contributed by atoms with E-state index >= 15 is 0 Å². The maximum Gasteiger partial charge on any atom is 0.316 e. The minimum absolute atomic E-state index is 0.00954. The second-order valence-electron chi connectivity index (χ2n) is 1.95. The molecule has 0 heterocycles. The van der Waals surface area contributed by atoms with Gasteiger partial charge in [-0.3, -0.25) is 0 Å². The van der Waals surface area contributed by atoms with Crippen molar-refractivity contribution in [2.75, 3.05) is 0 Å². The van der Waals surface area contributed by atoms with Crippen molar-refractivity contribution < 1.29 is 9.90 Å². The van der Waals surface area contributed by atoms with Crippen LogP contribution in [0.25, 0.3) is 5.53 Å². The van der Waals surface area contributed by atoms with Crippen LogP contribution in [0.5, 0.6) is 0 Å². The molecule has 10 heavy (non-hydrogen) atoms. The van der Waals surface area contributed by atoms with Gasteiger partial charge in [0.2, 0.25) is 0 Å². The molecule has 0 bridgehead atoms. The highest BCUT2D eigenvalue weighted by molar-refractivity contribution is 5.97. The van der Waals surface area contributed by atoms with Crippen molar-refractivity contribution in [1.82, 2.24) is 0 Å². The average molecular weight is 137 g/mol. The first kappa shape index (κ1) is 6.74. The monoisotopic (exact) mass is 137 g/mol. The Morgan fingerprint density at radius 1 is 1.70 bits per heavy atom. The largest absolute Gasteiger partial charge is 0.510 e. The van der Waals surface area contributed by atoms with Gasteiger partial charge in [0.05, 0.1) is 0 Å². The second kappa shape index (κ2) is 2.47. The zero-order valence-electron chi connectivity index (χ0n) is 5.23. The van der Waals surface area contributed by atoms with Crippen molar-refractivity contribution in [2.45, 2.75) is 6.04 Å². The van der Waals surface area contributed by atoms with Crippen LogP contribution in [-0.2, 0) is 0 Å². The average Bonchev–Trinajstić information content (AvgIpc) is 1.95.